The minimum absolute atomic E-state index is 0.233. The highest BCUT2D eigenvalue weighted by atomic mass is 16.2. The Morgan fingerprint density at radius 1 is 1.59 bits per heavy atom. The van der Waals surface area contributed by atoms with Crippen molar-refractivity contribution in [2.24, 2.45) is 0 Å². The lowest BCUT2D eigenvalue weighted by atomic mass is 9.89. The minimum atomic E-state index is -0.304. The topological polar surface area (TPSA) is 32.3 Å². The van der Waals surface area contributed by atoms with E-state index < -0.39 is 0 Å². The average Bonchev–Trinajstić information content (AvgIpc) is 2.75. The van der Waals surface area contributed by atoms with Crippen molar-refractivity contribution in [3.63, 3.8) is 0 Å². The molecule has 0 bridgehead atoms. The highest BCUT2D eigenvalue weighted by Gasteiger charge is 2.42. The number of amides is 1. The molecule has 3 nitrogen and oxygen atoms in total. The minimum Gasteiger partial charge on any atom is -0.335 e. The Labute approximate surface area is 105 Å². The molecule has 1 aliphatic rings. The first kappa shape index (κ1) is 14.2. The number of nitrogens with one attached hydrogen (secondary N) is 1. The maximum Gasteiger partial charge on any atom is 0.243 e. The maximum absolute atomic E-state index is 12.7. The van der Waals surface area contributed by atoms with Crippen molar-refractivity contribution in [1.82, 2.24) is 10.2 Å². The van der Waals surface area contributed by atoms with Crippen LogP contribution in [0.3, 0.4) is 0 Å². The van der Waals surface area contributed by atoms with Crippen molar-refractivity contribution < 1.29 is 4.79 Å². The molecule has 1 aliphatic heterocycles. The number of carbonyl (C=O) groups excluding carboxylic acids is 1. The van der Waals surface area contributed by atoms with Gasteiger partial charge in [0, 0.05) is 12.6 Å². The predicted molar refractivity (Wildman–Crippen MR) is 71.9 cm³/mol. The Balaban J connectivity index is 2.85. The second-order valence-corrected chi connectivity index (χ2v) is 5.20. The van der Waals surface area contributed by atoms with Gasteiger partial charge in [0.2, 0.25) is 5.91 Å². The highest BCUT2D eigenvalue weighted by molar-refractivity contribution is 5.87. The highest BCUT2D eigenvalue weighted by Crippen LogP contribution is 2.27. The van der Waals surface area contributed by atoms with Crippen LogP contribution in [0, 0.1) is 0 Å². The maximum atomic E-state index is 12.7. The van der Waals surface area contributed by atoms with Crippen LogP contribution in [0.1, 0.15) is 46.5 Å². The Hall–Kier alpha value is -0.830. The zero-order valence-electron chi connectivity index (χ0n) is 11.5. The van der Waals surface area contributed by atoms with E-state index in [4.69, 9.17) is 0 Å². The van der Waals surface area contributed by atoms with Crippen LogP contribution >= 0.6 is 0 Å². The van der Waals surface area contributed by atoms with Crippen molar-refractivity contribution in [3.8, 4) is 0 Å². The normalized spacial score (nSPS) is 24.0. The number of rotatable bonds is 6. The fourth-order valence-electron chi connectivity index (χ4n) is 2.68. The van der Waals surface area contributed by atoms with Crippen LogP contribution in [0.5, 0.6) is 0 Å². The molecule has 0 aromatic heterocycles. The van der Waals surface area contributed by atoms with Gasteiger partial charge in [0.25, 0.3) is 0 Å². The quantitative estimate of drug-likeness (QED) is 0.720. The molecule has 0 spiro atoms. The van der Waals surface area contributed by atoms with Crippen LogP contribution in [0.25, 0.3) is 0 Å². The van der Waals surface area contributed by atoms with Crippen molar-refractivity contribution in [3.05, 3.63) is 12.7 Å². The number of hydrogen-bond donors (Lipinski definition) is 1. The third kappa shape index (κ3) is 3.09. The van der Waals surface area contributed by atoms with E-state index >= 15 is 0 Å². The molecular weight excluding hydrogens is 212 g/mol. The standard InChI is InChI=1S/C14H26N2O/c1-5-8-14(9-7-10-15-14)13(17)16(11-6-2)12(3)4/h6,12,15H,2,5,7-11H2,1,3-4H3. The predicted octanol–water partition coefficient (Wildman–Crippen LogP) is 2.33. The molecule has 1 fully saturated rings. The summed E-state index contributed by atoms with van der Waals surface area (Å²) in [7, 11) is 0. The van der Waals surface area contributed by atoms with Crippen LogP contribution < -0.4 is 5.32 Å². The fourth-order valence-corrected chi connectivity index (χ4v) is 2.68. The molecule has 98 valence electrons. The third-order valence-electron chi connectivity index (χ3n) is 3.54. The van der Waals surface area contributed by atoms with Crippen molar-refractivity contribution in [2.75, 3.05) is 13.1 Å². The Morgan fingerprint density at radius 2 is 2.29 bits per heavy atom. The van der Waals surface area contributed by atoms with Gasteiger partial charge in [-0.1, -0.05) is 19.4 Å². The Morgan fingerprint density at radius 3 is 2.71 bits per heavy atom. The van der Waals surface area contributed by atoms with E-state index in [0.717, 1.165) is 32.2 Å². The van der Waals surface area contributed by atoms with Gasteiger partial charge in [0.1, 0.15) is 0 Å². The molecule has 3 heteroatoms. The molecule has 1 heterocycles. The van der Waals surface area contributed by atoms with E-state index in [1.54, 1.807) is 0 Å². The summed E-state index contributed by atoms with van der Waals surface area (Å²) in [5.41, 5.74) is -0.304. The van der Waals surface area contributed by atoms with Gasteiger partial charge < -0.3 is 10.2 Å². The lowest BCUT2D eigenvalue weighted by molar-refractivity contribution is -0.139. The van der Waals surface area contributed by atoms with Gasteiger partial charge >= 0.3 is 0 Å². The second kappa shape index (κ2) is 6.20. The first-order chi connectivity index (χ1) is 8.07. The van der Waals surface area contributed by atoms with Crippen molar-refractivity contribution in [2.45, 2.75) is 58.0 Å². The summed E-state index contributed by atoms with van der Waals surface area (Å²) in [6.07, 6.45) is 5.86. The Kier molecular flexibility index (Phi) is 5.19. The second-order valence-electron chi connectivity index (χ2n) is 5.20. The van der Waals surface area contributed by atoms with Gasteiger partial charge in [-0.2, -0.15) is 0 Å². The molecule has 17 heavy (non-hydrogen) atoms. The van der Waals surface area contributed by atoms with Crippen molar-refractivity contribution >= 4 is 5.91 Å². The van der Waals surface area contributed by atoms with E-state index in [2.05, 4.69) is 32.7 Å². The molecule has 1 N–H and O–H groups in total. The zero-order valence-corrected chi connectivity index (χ0v) is 11.5. The summed E-state index contributed by atoms with van der Waals surface area (Å²) in [6, 6.07) is 0.233. The number of hydrogen-bond acceptors (Lipinski definition) is 2. The number of nitrogens with zero attached hydrogens (tertiary/aromatic N) is 1. The molecule has 0 aromatic carbocycles. The van der Waals surface area contributed by atoms with Gasteiger partial charge in [-0.3, -0.25) is 4.79 Å². The first-order valence-corrected chi connectivity index (χ1v) is 6.74. The lowest BCUT2D eigenvalue weighted by Gasteiger charge is -2.36. The summed E-state index contributed by atoms with van der Waals surface area (Å²) in [5.74, 6) is 0.256. The van der Waals surface area contributed by atoms with Crippen LogP contribution in [0.15, 0.2) is 12.7 Å². The van der Waals surface area contributed by atoms with E-state index in [9.17, 15) is 4.79 Å². The number of carbonyl (C=O) groups is 1. The summed E-state index contributed by atoms with van der Waals surface area (Å²) >= 11 is 0. The SMILES string of the molecule is C=CCN(C(=O)C1(CCC)CCCN1)C(C)C. The summed E-state index contributed by atoms with van der Waals surface area (Å²) in [6.45, 7) is 11.6. The Bertz CT molecular complexity index is 267. The van der Waals surface area contributed by atoms with Gasteiger partial charge in [-0.15, -0.1) is 6.58 Å². The first-order valence-electron chi connectivity index (χ1n) is 6.74. The van der Waals surface area contributed by atoms with E-state index in [-0.39, 0.29) is 17.5 Å². The van der Waals surface area contributed by atoms with E-state index in [0.29, 0.717) is 6.54 Å². The van der Waals surface area contributed by atoms with Gasteiger partial charge in [0.15, 0.2) is 0 Å². The zero-order chi connectivity index (χ0) is 12.9. The van der Waals surface area contributed by atoms with Crippen LogP contribution in [-0.2, 0) is 4.79 Å². The molecule has 1 rings (SSSR count). The van der Waals surface area contributed by atoms with Crippen LogP contribution in [0.4, 0.5) is 0 Å². The van der Waals surface area contributed by atoms with Gasteiger partial charge in [-0.25, -0.2) is 0 Å². The van der Waals surface area contributed by atoms with E-state index in [1.807, 2.05) is 11.0 Å². The largest absolute Gasteiger partial charge is 0.335 e. The van der Waals surface area contributed by atoms with Crippen LogP contribution in [0.2, 0.25) is 0 Å². The summed E-state index contributed by atoms with van der Waals surface area (Å²) in [4.78, 5) is 14.6. The van der Waals surface area contributed by atoms with Crippen LogP contribution in [-0.4, -0.2) is 35.5 Å². The smallest absolute Gasteiger partial charge is 0.243 e. The summed E-state index contributed by atoms with van der Waals surface area (Å²) in [5, 5.41) is 3.44. The molecule has 0 radical (unpaired) electrons. The van der Waals surface area contributed by atoms with E-state index in [1.165, 1.54) is 0 Å². The van der Waals surface area contributed by atoms with Gasteiger partial charge in [0.05, 0.1) is 5.54 Å². The van der Waals surface area contributed by atoms with Crippen molar-refractivity contribution in [1.29, 1.82) is 0 Å². The average molecular weight is 238 g/mol. The molecule has 1 unspecified atom stereocenters. The molecule has 0 aromatic rings. The molecule has 0 aliphatic carbocycles. The molecule has 1 atom stereocenters. The molecule has 1 saturated heterocycles. The monoisotopic (exact) mass is 238 g/mol. The van der Waals surface area contributed by atoms with Gasteiger partial charge in [-0.05, 0) is 39.7 Å². The lowest BCUT2D eigenvalue weighted by Crippen LogP contribution is -2.56. The molecule has 1 amide bonds. The third-order valence-corrected chi connectivity index (χ3v) is 3.54. The molecular formula is C14H26N2O. The molecule has 0 saturated carbocycles. The summed E-state index contributed by atoms with van der Waals surface area (Å²) < 4.78 is 0. The fraction of sp³-hybridized carbons (Fsp3) is 0.786.